The van der Waals surface area contributed by atoms with Gasteiger partial charge < -0.3 is 9.94 Å². The molecule has 0 radical (unpaired) electrons. The lowest BCUT2D eigenvalue weighted by atomic mass is 9.92. The Morgan fingerprint density at radius 2 is 2.12 bits per heavy atom. The van der Waals surface area contributed by atoms with E-state index in [1.807, 2.05) is 0 Å². The molecule has 1 aromatic rings. The third-order valence-corrected chi connectivity index (χ3v) is 3.31. The minimum Gasteiger partial charge on any atom is -0.392 e. The number of aliphatic hydroxyl groups excluding tert-OH is 1. The zero-order valence-corrected chi connectivity index (χ0v) is 8.64. The Morgan fingerprint density at radius 1 is 1.31 bits per heavy atom. The second kappa shape index (κ2) is 3.56. The van der Waals surface area contributed by atoms with Gasteiger partial charge in [-0.2, -0.15) is 0 Å². The molecule has 0 bridgehead atoms. The van der Waals surface area contributed by atoms with Crippen molar-refractivity contribution < 1.29 is 14.3 Å². The maximum atomic E-state index is 13.6. The van der Waals surface area contributed by atoms with Crippen LogP contribution >= 0.6 is 0 Å². The molecule has 0 unspecified atom stereocenters. The molecule has 1 fully saturated rings. The summed E-state index contributed by atoms with van der Waals surface area (Å²) in [4.78, 5) is 5.23. The molecule has 0 spiro atoms. The molecular formula is C12H12FNO2. The van der Waals surface area contributed by atoms with Gasteiger partial charge in [0.15, 0.2) is 0 Å². The predicted octanol–water partition coefficient (Wildman–Crippen LogP) is 1.70. The second-order valence-electron chi connectivity index (χ2n) is 4.27. The van der Waals surface area contributed by atoms with E-state index in [9.17, 15) is 9.50 Å². The van der Waals surface area contributed by atoms with E-state index in [-0.39, 0.29) is 17.8 Å². The molecule has 3 rings (SSSR count). The van der Waals surface area contributed by atoms with E-state index in [1.54, 1.807) is 18.2 Å². The molecule has 2 aliphatic rings. The summed E-state index contributed by atoms with van der Waals surface area (Å²) in [6.45, 7) is 0. The summed E-state index contributed by atoms with van der Waals surface area (Å²) >= 11 is 0. The minimum atomic E-state index is -0.467. The fraction of sp³-hybridized carbons (Fsp3) is 0.417. The van der Waals surface area contributed by atoms with Crippen LogP contribution in [0.5, 0.6) is 0 Å². The van der Waals surface area contributed by atoms with Crippen LogP contribution in [0.2, 0.25) is 0 Å². The highest BCUT2D eigenvalue weighted by atomic mass is 19.1. The number of hydrogen-bond donors (Lipinski definition) is 1. The summed E-state index contributed by atoms with van der Waals surface area (Å²) < 4.78 is 13.6. The SMILES string of the molecule is O[C@@H]1CC[C@H]2ON=C(c3ccccc3F)[C@@H]12. The van der Waals surface area contributed by atoms with Crippen LogP contribution in [0.4, 0.5) is 4.39 Å². The molecular weight excluding hydrogens is 209 g/mol. The minimum absolute atomic E-state index is 0.0791. The first-order valence-corrected chi connectivity index (χ1v) is 5.44. The molecule has 0 saturated heterocycles. The van der Waals surface area contributed by atoms with Gasteiger partial charge >= 0.3 is 0 Å². The fourth-order valence-corrected chi connectivity index (χ4v) is 2.50. The largest absolute Gasteiger partial charge is 0.392 e. The van der Waals surface area contributed by atoms with Gasteiger partial charge in [0.05, 0.1) is 17.7 Å². The van der Waals surface area contributed by atoms with Gasteiger partial charge in [0.2, 0.25) is 0 Å². The number of fused-ring (bicyclic) bond motifs is 1. The van der Waals surface area contributed by atoms with E-state index in [0.717, 1.165) is 6.42 Å². The van der Waals surface area contributed by atoms with Gasteiger partial charge in [-0.25, -0.2) is 4.39 Å². The summed E-state index contributed by atoms with van der Waals surface area (Å²) in [5.74, 6) is -0.485. The lowest BCUT2D eigenvalue weighted by molar-refractivity contribution is 0.0583. The summed E-state index contributed by atoms with van der Waals surface area (Å²) in [5.41, 5.74) is 0.990. The predicted molar refractivity (Wildman–Crippen MR) is 56.5 cm³/mol. The van der Waals surface area contributed by atoms with E-state index < -0.39 is 6.10 Å². The molecule has 1 aromatic carbocycles. The quantitative estimate of drug-likeness (QED) is 0.784. The van der Waals surface area contributed by atoms with E-state index in [2.05, 4.69) is 5.16 Å². The summed E-state index contributed by atoms with van der Waals surface area (Å²) in [6.07, 6.45) is 0.936. The Kier molecular flexibility index (Phi) is 2.17. The number of halogens is 1. The molecule has 0 amide bonds. The number of aliphatic hydroxyl groups is 1. The fourth-order valence-electron chi connectivity index (χ4n) is 2.50. The average Bonchev–Trinajstić information content (AvgIpc) is 2.83. The van der Waals surface area contributed by atoms with Crippen LogP contribution in [-0.2, 0) is 4.84 Å². The summed E-state index contributed by atoms with van der Waals surface area (Å²) in [7, 11) is 0. The van der Waals surface area contributed by atoms with E-state index in [0.29, 0.717) is 17.7 Å². The number of benzene rings is 1. The van der Waals surface area contributed by atoms with E-state index in [4.69, 9.17) is 4.84 Å². The number of hydrogen-bond acceptors (Lipinski definition) is 3. The van der Waals surface area contributed by atoms with Gasteiger partial charge in [0.1, 0.15) is 11.9 Å². The summed E-state index contributed by atoms with van der Waals surface area (Å²) in [5, 5.41) is 13.8. The highest BCUT2D eigenvalue weighted by Gasteiger charge is 2.45. The van der Waals surface area contributed by atoms with Crippen molar-refractivity contribution in [2.24, 2.45) is 11.1 Å². The highest BCUT2D eigenvalue weighted by molar-refractivity contribution is 6.03. The van der Waals surface area contributed by atoms with Crippen LogP contribution in [0.15, 0.2) is 29.4 Å². The third kappa shape index (κ3) is 1.33. The first kappa shape index (κ1) is 9.78. The Morgan fingerprint density at radius 3 is 2.94 bits per heavy atom. The first-order valence-electron chi connectivity index (χ1n) is 5.44. The van der Waals surface area contributed by atoms with Gasteiger partial charge in [-0.3, -0.25) is 0 Å². The number of rotatable bonds is 1. The first-order chi connectivity index (χ1) is 7.77. The zero-order valence-electron chi connectivity index (χ0n) is 8.64. The highest BCUT2D eigenvalue weighted by Crippen LogP contribution is 2.36. The topological polar surface area (TPSA) is 41.8 Å². The zero-order chi connectivity index (χ0) is 11.1. The van der Waals surface area contributed by atoms with Crippen LogP contribution in [0.25, 0.3) is 0 Å². The Hall–Kier alpha value is -1.42. The molecule has 16 heavy (non-hydrogen) atoms. The standard InChI is InChI=1S/C12H12FNO2/c13-8-4-2-1-3-7(8)12-11-9(15)5-6-10(11)16-14-12/h1-4,9-11,15H,5-6H2/t9-,10-,11+/m1/s1. The molecule has 1 aliphatic carbocycles. The van der Waals surface area contributed by atoms with Crippen molar-refractivity contribution in [2.45, 2.75) is 25.0 Å². The van der Waals surface area contributed by atoms with Crippen LogP contribution in [0, 0.1) is 11.7 Å². The normalized spacial score (nSPS) is 32.1. The number of nitrogens with zero attached hydrogens (tertiary/aromatic N) is 1. The maximum Gasteiger partial charge on any atom is 0.138 e. The van der Waals surface area contributed by atoms with Gasteiger partial charge in [0, 0.05) is 5.56 Å². The second-order valence-corrected chi connectivity index (χ2v) is 4.27. The smallest absolute Gasteiger partial charge is 0.138 e. The van der Waals surface area contributed by atoms with E-state index >= 15 is 0 Å². The molecule has 4 heteroatoms. The van der Waals surface area contributed by atoms with Crippen molar-refractivity contribution in [2.75, 3.05) is 0 Å². The lowest BCUT2D eigenvalue weighted by Crippen LogP contribution is -2.27. The molecule has 3 atom stereocenters. The molecule has 1 heterocycles. The van der Waals surface area contributed by atoms with E-state index in [1.165, 1.54) is 6.07 Å². The van der Waals surface area contributed by atoms with Crippen molar-refractivity contribution in [1.29, 1.82) is 0 Å². The number of oxime groups is 1. The Bertz CT molecular complexity index is 446. The Labute approximate surface area is 92.5 Å². The molecule has 1 aliphatic heterocycles. The molecule has 1 saturated carbocycles. The van der Waals surface area contributed by atoms with Gasteiger partial charge in [0.25, 0.3) is 0 Å². The van der Waals surface area contributed by atoms with Crippen molar-refractivity contribution in [3.63, 3.8) is 0 Å². The molecule has 84 valence electrons. The van der Waals surface area contributed by atoms with Crippen LogP contribution < -0.4 is 0 Å². The average molecular weight is 221 g/mol. The molecule has 3 nitrogen and oxygen atoms in total. The van der Waals surface area contributed by atoms with Crippen LogP contribution in [0.1, 0.15) is 18.4 Å². The Balaban J connectivity index is 1.99. The van der Waals surface area contributed by atoms with Crippen molar-refractivity contribution in [1.82, 2.24) is 0 Å². The van der Waals surface area contributed by atoms with Crippen molar-refractivity contribution >= 4 is 5.71 Å². The van der Waals surface area contributed by atoms with Gasteiger partial charge in [-0.15, -0.1) is 0 Å². The van der Waals surface area contributed by atoms with Gasteiger partial charge in [-0.05, 0) is 18.9 Å². The van der Waals surface area contributed by atoms with Crippen molar-refractivity contribution in [3.8, 4) is 0 Å². The molecule has 1 N–H and O–H groups in total. The van der Waals surface area contributed by atoms with Crippen LogP contribution in [0.3, 0.4) is 0 Å². The maximum absolute atomic E-state index is 13.6. The third-order valence-electron chi connectivity index (χ3n) is 3.31. The monoisotopic (exact) mass is 221 g/mol. The lowest BCUT2D eigenvalue weighted by Gasteiger charge is -2.13. The van der Waals surface area contributed by atoms with Crippen LogP contribution in [-0.4, -0.2) is 23.0 Å². The van der Waals surface area contributed by atoms with Gasteiger partial charge in [-0.1, -0.05) is 23.4 Å². The van der Waals surface area contributed by atoms with Crippen molar-refractivity contribution in [3.05, 3.63) is 35.6 Å². The summed E-state index contributed by atoms with van der Waals surface area (Å²) in [6, 6.07) is 6.46. The molecule has 0 aromatic heterocycles.